The average molecular weight is 254 g/mol. The normalized spacial score (nSPS) is 10.9. The van der Waals surface area contributed by atoms with Gasteiger partial charge < -0.3 is 9.72 Å². The van der Waals surface area contributed by atoms with Gasteiger partial charge in [0.2, 0.25) is 0 Å². The number of aromatic nitrogens is 4. The van der Waals surface area contributed by atoms with Crippen molar-refractivity contribution < 1.29 is 4.74 Å². The van der Waals surface area contributed by atoms with Crippen LogP contribution in [0.2, 0.25) is 0 Å². The highest BCUT2D eigenvalue weighted by atomic mass is 16.5. The van der Waals surface area contributed by atoms with Crippen LogP contribution in [-0.2, 0) is 0 Å². The summed E-state index contributed by atoms with van der Waals surface area (Å²) in [6.07, 6.45) is 5.56. The minimum atomic E-state index is 0.383. The number of rotatable bonds is 2. The first-order valence-corrected chi connectivity index (χ1v) is 6.01. The van der Waals surface area contributed by atoms with Gasteiger partial charge in [-0.1, -0.05) is 0 Å². The molecule has 0 fully saturated rings. The molecular weight excluding hydrogens is 240 g/mol. The Bertz CT molecular complexity index is 748. The van der Waals surface area contributed by atoms with Crippen LogP contribution in [0.5, 0.6) is 6.01 Å². The van der Waals surface area contributed by atoms with Crippen molar-refractivity contribution in [2.45, 2.75) is 13.8 Å². The van der Waals surface area contributed by atoms with Crippen molar-refractivity contribution >= 4 is 11.0 Å². The van der Waals surface area contributed by atoms with E-state index in [9.17, 15) is 0 Å². The Balaban J connectivity index is 2.15. The highest BCUT2D eigenvalue weighted by molar-refractivity contribution is 5.84. The number of nitrogens with one attached hydrogen (secondary N) is 1. The maximum Gasteiger partial charge on any atom is 0.316 e. The number of hydrogen-bond acceptors (Lipinski definition) is 4. The topological polar surface area (TPSA) is 63.7 Å². The van der Waals surface area contributed by atoms with Crippen molar-refractivity contribution in [2.75, 3.05) is 7.11 Å². The number of fused-ring (bicyclic) bond motifs is 1. The number of ether oxygens (including phenoxy) is 1. The van der Waals surface area contributed by atoms with Gasteiger partial charge in [-0.05, 0) is 25.5 Å². The van der Waals surface area contributed by atoms with E-state index in [-0.39, 0.29) is 0 Å². The van der Waals surface area contributed by atoms with E-state index >= 15 is 0 Å². The maximum atomic E-state index is 5.02. The SMILES string of the molecule is COc1ncc(-c2cnc3[nH]cc(C)c3c2)c(C)n1. The largest absolute Gasteiger partial charge is 0.467 e. The van der Waals surface area contributed by atoms with Gasteiger partial charge in [0.1, 0.15) is 5.65 Å². The van der Waals surface area contributed by atoms with Gasteiger partial charge in [0.15, 0.2) is 0 Å². The molecule has 3 aromatic rings. The van der Waals surface area contributed by atoms with E-state index in [4.69, 9.17) is 4.74 Å². The highest BCUT2D eigenvalue weighted by Gasteiger charge is 2.09. The van der Waals surface area contributed by atoms with Crippen molar-refractivity contribution in [2.24, 2.45) is 0 Å². The number of hydrogen-bond donors (Lipinski definition) is 1. The fourth-order valence-electron chi connectivity index (χ4n) is 2.11. The Morgan fingerprint density at radius 2 is 2.00 bits per heavy atom. The lowest BCUT2D eigenvalue weighted by Gasteiger charge is -2.06. The van der Waals surface area contributed by atoms with Crippen LogP contribution in [0.4, 0.5) is 0 Å². The van der Waals surface area contributed by atoms with Gasteiger partial charge in [0.25, 0.3) is 0 Å². The van der Waals surface area contributed by atoms with Crippen LogP contribution in [0, 0.1) is 13.8 Å². The van der Waals surface area contributed by atoms with E-state index < -0.39 is 0 Å². The van der Waals surface area contributed by atoms with Crippen LogP contribution in [0.1, 0.15) is 11.3 Å². The van der Waals surface area contributed by atoms with E-state index in [2.05, 4.69) is 32.9 Å². The van der Waals surface area contributed by atoms with Gasteiger partial charge in [-0.2, -0.15) is 4.98 Å². The van der Waals surface area contributed by atoms with E-state index in [1.807, 2.05) is 19.3 Å². The molecule has 3 heterocycles. The predicted molar refractivity (Wildman–Crippen MR) is 73.1 cm³/mol. The maximum absolute atomic E-state index is 5.02. The van der Waals surface area contributed by atoms with Crippen LogP contribution in [0.25, 0.3) is 22.2 Å². The lowest BCUT2D eigenvalue weighted by Crippen LogP contribution is -1.96. The molecule has 0 aliphatic rings. The Hall–Kier alpha value is -2.43. The molecule has 0 saturated heterocycles. The van der Waals surface area contributed by atoms with Gasteiger partial charge in [-0.25, -0.2) is 9.97 Å². The molecule has 0 amide bonds. The van der Waals surface area contributed by atoms with Crippen LogP contribution < -0.4 is 4.74 Å². The van der Waals surface area contributed by atoms with Crippen LogP contribution in [-0.4, -0.2) is 27.0 Å². The van der Waals surface area contributed by atoms with Crippen molar-refractivity contribution in [1.82, 2.24) is 19.9 Å². The monoisotopic (exact) mass is 254 g/mol. The lowest BCUT2D eigenvalue weighted by molar-refractivity contribution is 0.379. The molecule has 1 N–H and O–H groups in total. The minimum Gasteiger partial charge on any atom is -0.467 e. The number of aromatic amines is 1. The molecule has 96 valence electrons. The summed E-state index contributed by atoms with van der Waals surface area (Å²) in [7, 11) is 1.56. The molecule has 0 aliphatic carbocycles. The number of H-pyrrole nitrogens is 1. The molecule has 5 heteroatoms. The molecule has 0 atom stereocenters. The Labute approximate surface area is 110 Å². The van der Waals surface area contributed by atoms with Crippen molar-refractivity contribution in [1.29, 1.82) is 0 Å². The van der Waals surface area contributed by atoms with Gasteiger partial charge in [-0.3, -0.25) is 0 Å². The fraction of sp³-hybridized carbons (Fsp3) is 0.214. The van der Waals surface area contributed by atoms with E-state index in [1.54, 1.807) is 13.3 Å². The number of aryl methyl sites for hydroxylation is 2. The molecule has 19 heavy (non-hydrogen) atoms. The second-order valence-corrected chi connectivity index (χ2v) is 4.45. The first-order chi connectivity index (χ1) is 9.19. The van der Waals surface area contributed by atoms with E-state index in [0.717, 1.165) is 27.9 Å². The molecule has 0 aromatic carbocycles. The molecule has 3 aromatic heterocycles. The summed E-state index contributed by atoms with van der Waals surface area (Å²) < 4.78 is 5.02. The third-order valence-corrected chi connectivity index (χ3v) is 3.19. The highest BCUT2D eigenvalue weighted by Crippen LogP contribution is 2.26. The first kappa shape index (κ1) is 11.6. The molecule has 0 spiro atoms. The smallest absolute Gasteiger partial charge is 0.316 e. The van der Waals surface area contributed by atoms with Gasteiger partial charge >= 0.3 is 6.01 Å². The molecule has 0 unspecified atom stereocenters. The molecule has 5 nitrogen and oxygen atoms in total. The Morgan fingerprint density at radius 3 is 2.74 bits per heavy atom. The lowest BCUT2D eigenvalue weighted by atomic mass is 10.1. The second kappa shape index (κ2) is 4.35. The summed E-state index contributed by atoms with van der Waals surface area (Å²) >= 11 is 0. The van der Waals surface area contributed by atoms with Crippen molar-refractivity contribution in [3.05, 3.63) is 35.9 Å². The molecule has 0 bridgehead atoms. The van der Waals surface area contributed by atoms with E-state index in [0.29, 0.717) is 6.01 Å². The minimum absolute atomic E-state index is 0.383. The summed E-state index contributed by atoms with van der Waals surface area (Å²) in [5.74, 6) is 0. The molecule has 0 saturated carbocycles. The molecule has 0 aliphatic heterocycles. The summed E-state index contributed by atoms with van der Waals surface area (Å²) in [5.41, 5.74) is 4.93. The average Bonchev–Trinajstić information content (AvgIpc) is 2.80. The zero-order valence-electron chi connectivity index (χ0n) is 11.1. The standard InChI is InChI=1S/C14H14N4O/c1-8-5-15-13-11(8)4-10(6-16-13)12-7-17-14(19-3)18-9(12)2/h4-7H,1-3H3,(H,15,16). The molecular formula is C14H14N4O. The van der Waals surface area contributed by atoms with Gasteiger partial charge in [0, 0.05) is 35.1 Å². The fourth-order valence-corrected chi connectivity index (χ4v) is 2.11. The molecule has 3 rings (SSSR count). The quantitative estimate of drug-likeness (QED) is 0.763. The Morgan fingerprint density at radius 1 is 1.16 bits per heavy atom. The number of methoxy groups -OCH3 is 1. The van der Waals surface area contributed by atoms with E-state index in [1.165, 1.54) is 5.56 Å². The van der Waals surface area contributed by atoms with Crippen LogP contribution in [0.3, 0.4) is 0 Å². The summed E-state index contributed by atoms with van der Waals surface area (Å²) in [6.45, 7) is 4.00. The zero-order valence-corrected chi connectivity index (χ0v) is 11.1. The molecule has 0 radical (unpaired) electrons. The zero-order chi connectivity index (χ0) is 13.4. The second-order valence-electron chi connectivity index (χ2n) is 4.45. The number of pyridine rings is 1. The van der Waals surface area contributed by atoms with Crippen LogP contribution >= 0.6 is 0 Å². The third-order valence-electron chi connectivity index (χ3n) is 3.19. The summed E-state index contributed by atoms with van der Waals surface area (Å²) in [5, 5.41) is 1.12. The van der Waals surface area contributed by atoms with Crippen molar-refractivity contribution in [3.63, 3.8) is 0 Å². The van der Waals surface area contributed by atoms with Gasteiger partial charge in [0.05, 0.1) is 12.8 Å². The third kappa shape index (κ3) is 1.93. The van der Waals surface area contributed by atoms with Gasteiger partial charge in [-0.15, -0.1) is 0 Å². The number of nitrogens with zero attached hydrogens (tertiary/aromatic N) is 3. The van der Waals surface area contributed by atoms with Crippen LogP contribution in [0.15, 0.2) is 24.7 Å². The summed E-state index contributed by atoms with van der Waals surface area (Å²) in [4.78, 5) is 16.0. The summed E-state index contributed by atoms with van der Waals surface area (Å²) in [6, 6.07) is 2.49. The predicted octanol–water partition coefficient (Wildman–Crippen LogP) is 2.65. The van der Waals surface area contributed by atoms with Crippen molar-refractivity contribution in [3.8, 4) is 17.1 Å². The first-order valence-electron chi connectivity index (χ1n) is 6.01. The Kier molecular flexibility index (Phi) is 2.67.